The molecule has 96 valence electrons. The minimum absolute atomic E-state index is 0.305. The maximum atomic E-state index is 12.6. The minimum Gasteiger partial charge on any atom is -0.398 e. The van der Waals surface area contributed by atoms with Gasteiger partial charge in [0.1, 0.15) is 4.21 Å². The predicted octanol–water partition coefficient (Wildman–Crippen LogP) is 3.32. The lowest BCUT2D eigenvalue weighted by Gasteiger charge is -2.08. The SMILES string of the molecule is Nc1ccc(S(=O)(=O)c2cccs2)c2ccccc12. The van der Waals surface area contributed by atoms with Crippen LogP contribution in [0.25, 0.3) is 10.8 Å². The van der Waals surface area contributed by atoms with Crippen molar-refractivity contribution in [3.63, 3.8) is 0 Å². The first-order valence-electron chi connectivity index (χ1n) is 5.66. The third-order valence-electron chi connectivity index (χ3n) is 2.97. The Balaban J connectivity index is 2.36. The van der Waals surface area contributed by atoms with Crippen molar-refractivity contribution in [3.05, 3.63) is 53.9 Å². The molecule has 0 fully saturated rings. The third kappa shape index (κ3) is 1.91. The molecule has 0 atom stereocenters. The second-order valence-corrected chi connectivity index (χ2v) is 7.23. The summed E-state index contributed by atoms with van der Waals surface area (Å²) in [6.07, 6.45) is 0. The molecule has 3 nitrogen and oxygen atoms in total. The molecular weight excluding hydrogens is 278 g/mol. The summed E-state index contributed by atoms with van der Waals surface area (Å²) in [4.78, 5) is 0.305. The Kier molecular flexibility index (Phi) is 2.80. The average Bonchev–Trinajstić information content (AvgIpc) is 2.94. The van der Waals surface area contributed by atoms with Crippen molar-refractivity contribution >= 4 is 37.6 Å². The molecule has 2 aromatic carbocycles. The summed E-state index contributed by atoms with van der Waals surface area (Å²) < 4.78 is 25.5. The fraction of sp³-hybridized carbons (Fsp3) is 0. The van der Waals surface area contributed by atoms with Gasteiger partial charge in [-0.2, -0.15) is 0 Å². The second-order valence-electron chi connectivity index (χ2n) is 4.13. The van der Waals surface area contributed by atoms with Crippen LogP contribution in [-0.4, -0.2) is 8.42 Å². The molecule has 0 aliphatic rings. The summed E-state index contributed by atoms with van der Waals surface area (Å²) in [6, 6.07) is 13.8. The van der Waals surface area contributed by atoms with Crippen molar-refractivity contribution in [3.8, 4) is 0 Å². The van der Waals surface area contributed by atoms with Crippen LogP contribution in [0.15, 0.2) is 63.0 Å². The quantitative estimate of drug-likeness (QED) is 0.736. The van der Waals surface area contributed by atoms with E-state index in [2.05, 4.69) is 0 Å². The molecule has 1 aromatic heterocycles. The molecule has 0 amide bonds. The van der Waals surface area contributed by atoms with E-state index in [1.165, 1.54) is 11.3 Å². The average molecular weight is 289 g/mol. The van der Waals surface area contributed by atoms with Gasteiger partial charge in [0.15, 0.2) is 0 Å². The van der Waals surface area contributed by atoms with Gasteiger partial charge in [0, 0.05) is 16.5 Å². The Hall–Kier alpha value is -1.85. The van der Waals surface area contributed by atoms with Gasteiger partial charge in [0.05, 0.1) is 4.90 Å². The number of nitrogen functional groups attached to an aromatic ring is 1. The molecule has 0 saturated carbocycles. The molecule has 2 N–H and O–H groups in total. The number of fused-ring (bicyclic) bond motifs is 1. The highest BCUT2D eigenvalue weighted by Gasteiger charge is 2.21. The number of anilines is 1. The van der Waals surface area contributed by atoms with Gasteiger partial charge in [-0.1, -0.05) is 30.3 Å². The highest BCUT2D eigenvalue weighted by Crippen LogP contribution is 2.32. The maximum absolute atomic E-state index is 12.6. The highest BCUT2D eigenvalue weighted by molar-refractivity contribution is 7.93. The van der Waals surface area contributed by atoms with Crippen molar-refractivity contribution in [1.29, 1.82) is 0 Å². The number of sulfone groups is 1. The number of hydrogen-bond donors (Lipinski definition) is 1. The second kappa shape index (κ2) is 4.36. The van der Waals surface area contributed by atoms with Gasteiger partial charge in [-0.25, -0.2) is 8.42 Å². The standard InChI is InChI=1S/C14H11NO2S2/c15-12-7-8-13(11-5-2-1-4-10(11)12)19(16,17)14-6-3-9-18-14/h1-9H,15H2. The minimum atomic E-state index is -3.48. The van der Waals surface area contributed by atoms with Gasteiger partial charge >= 0.3 is 0 Å². The van der Waals surface area contributed by atoms with E-state index in [1.807, 2.05) is 18.2 Å². The predicted molar refractivity (Wildman–Crippen MR) is 78.1 cm³/mol. The Morgan fingerprint density at radius 3 is 2.32 bits per heavy atom. The largest absolute Gasteiger partial charge is 0.398 e. The smallest absolute Gasteiger partial charge is 0.216 e. The van der Waals surface area contributed by atoms with Crippen LogP contribution in [0.3, 0.4) is 0 Å². The first kappa shape index (κ1) is 12.2. The van der Waals surface area contributed by atoms with Crippen LogP contribution in [0.4, 0.5) is 5.69 Å². The summed E-state index contributed by atoms with van der Waals surface area (Å²) in [5.41, 5.74) is 6.48. The van der Waals surface area contributed by atoms with Gasteiger partial charge < -0.3 is 5.73 Å². The summed E-state index contributed by atoms with van der Waals surface area (Å²) in [5.74, 6) is 0. The van der Waals surface area contributed by atoms with Crippen molar-refractivity contribution in [2.24, 2.45) is 0 Å². The topological polar surface area (TPSA) is 60.2 Å². The third-order valence-corrected chi connectivity index (χ3v) is 6.18. The Morgan fingerprint density at radius 2 is 1.63 bits per heavy atom. The van der Waals surface area contributed by atoms with Crippen LogP contribution >= 0.6 is 11.3 Å². The van der Waals surface area contributed by atoms with Gasteiger partial charge in [0.2, 0.25) is 9.84 Å². The molecule has 3 aromatic rings. The highest BCUT2D eigenvalue weighted by atomic mass is 32.2. The van der Waals surface area contributed by atoms with Crippen LogP contribution in [-0.2, 0) is 9.84 Å². The van der Waals surface area contributed by atoms with E-state index in [1.54, 1.807) is 35.7 Å². The normalized spacial score (nSPS) is 11.8. The number of rotatable bonds is 2. The summed E-state index contributed by atoms with van der Waals surface area (Å²) in [6.45, 7) is 0. The fourth-order valence-electron chi connectivity index (χ4n) is 2.05. The van der Waals surface area contributed by atoms with Crippen molar-refractivity contribution in [2.45, 2.75) is 9.10 Å². The van der Waals surface area contributed by atoms with Gasteiger partial charge in [0.25, 0.3) is 0 Å². The van der Waals surface area contributed by atoms with E-state index >= 15 is 0 Å². The molecular formula is C14H11NO2S2. The van der Waals surface area contributed by atoms with Crippen LogP contribution in [0.1, 0.15) is 0 Å². The number of nitrogens with two attached hydrogens (primary N) is 1. The molecule has 19 heavy (non-hydrogen) atoms. The molecule has 0 aliphatic heterocycles. The molecule has 0 saturated heterocycles. The molecule has 0 unspecified atom stereocenters. The first-order chi connectivity index (χ1) is 9.10. The maximum Gasteiger partial charge on any atom is 0.216 e. The Morgan fingerprint density at radius 1 is 0.895 bits per heavy atom. The molecule has 5 heteroatoms. The lowest BCUT2D eigenvalue weighted by atomic mass is 10.1. The van der Waals surface area contributed by atoms with E-state index < -0.39 is 9.84 Å². The monoisotopic (exact) mass is 289 g/mol. The van der Waals surface area contributed by atoms with Crippen molar-refractivity contribution < 1.29 is 8.42 Å². The molecule has 0 aliphatic carbocycles. The first-order valence-corrected chi connectivity index (χ1v) is 8.03. The summed E-state index contributed by atoms with van der Waals surface area (Å²) in [5, 5.41) is 3.18. The van der Waals surface area contributed by atoms with E-state index in [0.29, 0.717) is 20.2 Å². The van der Waals surface area contributed by atoms with Crippen LogP contribution in [0.5, 0.6) is 0 Å². The van der Waals surface area contributed by atoms with Crippen LogP contribution < -0.4 is 5.73 Å². The van der Waals surface area contributed by atoms with E-state index in [-0.39, 0.29) is 0 Å². The van der Waals surface area contributed by atoms with Crippen molar-refractivity contribution in [2.75, 3.05) is 5.73 Å². The number of hydrogen-bond acceptors (Lipinski definition) is 4. The molecule has 1 heterocycles. The van der Waals surface area contributed by atoms with E-state index in [0.717, 1.165) is 5.39 Å². The summed E-state index contributed by atoms with van der Waals surface area (Å²) >= 11 is 1.22. The van der Waals surface area contributed by atoms with Gasteiger partial charge in [-0.05, 0) is 23.6 Å². The zero-order valence-electron chi connectivity index (χ0n) is 9.91. The Labute approximate surface area is 115 Å². The van der Waals surface area contributed by atoms with Crippen molar-refractivity contribution in [1.82, 2.24) is 0 Å². The molecule has 0 bridgehead atoms. The zero-order valence-corrected chi connectivity index (χ0v) is 11.5. The number of benzene rings is 2. The van der Waals surface area contributed by atoms with Gasteiger partial charge in [-0.3, -0.25) is 0 Å². The number of thiophene rings is 1. The van der Waals surface area contributed by atoms with E-state index in [9.17, 15) is 8.42 Å². The lowest BCUT2D eigenvalue weighted by molar-refractivity contribution is 0.599. The molecule has 0 radical (unpaired) electrons. The lowest BCUT2D eigenvalue weighted by Crippen LogP contribution is -2.01. The molecule has 3 rings (SSSR count). The summed E-state index contributed by atoms with van der Waals surface area (Å²) in [7, 11) is -3.48. The van der Waals surface area contributed by atoms with E-state index in [4.69, 9.17) is 5.73 Å². The van der Waals surface area contributed by atoms with Crippen LogP contribution in [0, 0.1) is 0 Å². The Bertz CT molecular complexity index is 837. The van der Waals surface area contributed by atoms with Crippen LogP contribution in [0.2, 0.25) is 0 Å². The molecule has 0 spiro atoms. The zero-order chi connectivity index (χ0) is 13.5. The van der Waals surface area contributed by atoms with Gasteiger partial charge in [-0.15, -0.1) is 11.3 Å². The fourth-order valence-corrected chi connectivity index (χ4v) is 4.63.